The second-order valence-corrected chi connectivity index (χ2v) is 7.49. The highest BCUT2D eigenvalue weighted by Gasteiger charge is 2.16. The molecule has 1 N–H and O–H groups in total. The van der Waals surface area contributed by atoms with Crippen LogP contribution in [0.5, 0.6) is 0 Å². The zero-order valence-corrected chi connectivity index (χ0v) is 17.3. The molecule has 0 radical (unpaired) electrons. The Morgan fingerprint density at radius 1 is 0.656 bits per heavy atom. The van der Waals surface area contributed by atoms with Gasteiger partial charge in [0.25, 0.3) is 5.91 Å². The molecule has 0 bridgehead atoms. The van der Waals surface area contributed by atoms with E-state index in [-0.39, 0.29) is 17.9 Å². The highest BCUT2D eigenvalue weighted by Crippen LogP contribution is 2.23. The van der Waals surface area contributed by atoms with Gasteiger partial charge in [-0.2, -0.15) is 0 Å². The molecule has 0 saturated heterocycles. The van der Waals surface area contributed by atoms with Crippen LogP contribution < -0.4 is 15.9 Å². The first kappa shape index (κ1) is 19.6. The molecule has 5 aromatic rings. The van der Waals surface area contributed by atoms with Gasteiger partial charge in [-0.05, 0) is 48.5 Å². The highest BCUT2D eigenvalue weighted by atomic mass is 16.2. The van der Waals surface area contributed by atoms with Gasteiger partial charge in [0.1, 0.15) is 6.54 Å². The van der Waals surface area contributed by atoms with E-state index in [1.165, 1.54) is 0 Å². The average Bonchev–Trinajstić information content (AvgIpc) is 2.86. The van der Waals surface area contributed by atoms with Crippen molar-refractivity contribution in [2.45, 2.75) is 6.54 Å². The SMILES string of the molecule is O=C(Cn1c2ccccc2c(=O)c2ccccc21)NN(c1ccccc1)c1ccccc1. The summed E-state index contributed by atoms with van der Waals surface area (Å²) in [6.45, 7) is 0.0669. The number of carbonyl (C=O) groups is 1. The summed E-state index contributed by atoms with van der Waals surface area (Å²) in [5.74, 6) is -0.198. The monoisotopic (exact) mass is 419 g/mol. The molecular formula is C27H21N3O2. The number of para-hydroxylation sites is 4. The number of amides is 1. The Hall–Kier alpha value is -4.38. The highest BCUT2D eigenvalue weighted by molar-refractivity contribution is 5.95. The Bertz CT molecular complexity index is 1360. The predicted molar refractivity (Wildman–Crippen MR) is 129 cm³/mol. The first-order valence-electron chi connectivity index (χ1n) is 10.4. The molecule has 0 aliphatic rings. The van der Waals surface area contributed by atoms with Crippen molar-refractivity contribution in [3.8, 4) is 0 Å². The van der Waals surface area contributed by atoms with E-state index < -0.39 is 0 Å². The Balaban J connectivity index is 1.56. The summed E-state index contributed by atoms with van der Waals surface area (Å²) in [5, 5.41) is 2.97. The molecule has 5 heteroatoms. The number of hydrogen-bond donors (Lipinski definition) is 1. The van der Waals surface area contributed by atoms with Crippen LogP contribution in [-0.2, 0) is 11.3 Å². The third kappa shape index (κ3) is 3.61. The second kappa shape index (κ2) is 8.40. The lowest BCUT2D eigenvalue weighted by Crippen LogP contribution is -2.41. The van der Waals surface area contributed by atoms with E-state index in [4.69, 9.17) is 0 Å². The van der Waals surface area contributed by atoms with Crippen molar-refractivity contribution in [3.05, 3.63) is 119 Å². The van der Waals surface area contributed by atoms with Crippen LogP contribution >= 0.6 is 0 Å². The number of rotatable bonds is 5. The summed E-state index contributed by atoms with van der Waals surface area (Å²) >= 11 is 0. The van der Waals surface area contributed by atoms with Crippen molar-refractivity contribution in [1.29, 1.82) is 0 Å². The molecule has 0 aliphatic carbocycles. The number of nitrogens with zero attached hydrogens (tertiary/aromatic N) is 2. The number of carbonyl (C=O) groups excluding carboxylic acids is 1. The van der Waals surface area contributed by atoms with Gasteiger partial charge in [-0.15, -0.1) is 0 Å². The molecule has 0 atom stereocenters. The Kier molecular flexibility index (Phi) is 5.14. The Morgan fingerprint density at radius 2 is 1.09 bits per heavy atom. The third-order valence-electron chi connectivity index (χ3n) is 5.45. The van der Waals surface area contributed by atoms with E-state index in [1.54, 1.807) is 17.1 Å². The van der Waals surface area contributed by atoms with Crippen LogP contribution in [0.3, 0.4) is 0 Å². The summed E-state index contributed by atoms with van der Waals surface area (Å²) in [6, 6.07) is 34.2. The van der Waals surface area contributed by atoms with Gasteiger partial charge in [0.05, 0.1) is 22.4 Å². The number of hydrogen-bond acceptors (Lipinski definition) is 3. The van der Waals surface area contributed by atoms with Crippen LogP contribution in [0.1, 0.15) is 0 Å². The molecule has 156 valence electrons. The third-order valence-corrected chi connectivity index (χ3v) is 5.45. The summed E-state index contributed by atoms with van der Waals surface area (Å²) in [7, 11) is 0. The molecule has 0 aliphatic heterocycles. The molecule has 0 unspecified atom stereocenters. The van der Waals surface area contributed by atoms with Gasteiger partial charge < -0.3 is 4.57 Å². The first-order chi connectivity index (χ1) is 15.7. The fraction of sp³-hybridized carbons (Fsp3) is 0.0370. The summed E-state index contributed by atoms with van der Waals surface area (Å²) in [6.07, 6.45) is 0. The number of anilines is 2. The van der Waals surface area contributed by atoms with Crippen LogP contribution in [0.4, 0.5) is 11.4 Å². The van der Waals surface area contributed by atoms with Crippen molar-refractivity contribution in [2.24, 2.45) is 0 Å². The van der Waals surface area contributed by atoms with Crippen molar-refractivity contribution in [1.82, 2.24) is 9.99 Å². The van der Waals surface area contributed by atoms with E-state index in [9.17, 15) is 9.59 Å². The molecule has 0 saturated carbocycles. The molecule has 5 rings (SSSR count). The van der Waals surface area contributed by atoms with Gasteiger partial charge in [0, 0.05) is 10.8 Å². The molecule has 32 heavy (non-hydrogen) atoms. The second-order valence-electron chi connectivity index (χ2n) is 7.49. The lowest BCUT2D eigenvalue weighted by atomic mass is 10.1. The van der Waals surface area contributed by atoms with Gasteiger partial charge >= 0.3 is 0 Å². The van der Waals surface area contributed by atoms with E-state index in [0.29, 0.717) is 10.8 Å². The number of hydrazine groups is 1. The van der Waals surface area contributed by atoms with E-state index in [1.807, 2.05) is 102 Å². The van der Waals surface area contributed by atoms with Crippen LogP contribution in [0.2, 0.25) is 0 Å². The van der Waals surface area contributed by atoms with Gasteiger partial charge in [-0.25, -0.2) is 0 Å². The standard InChI is InChI=1S/C27H21N3O2/c31-26(28-30(20-11-3-1-4-12-20)21-13-5-2-6-14-21)19-29-24-17-9-7-15-22(24)27(32)23-16-8-10-18-25(23)29/h1-18H,19H2,(H,28,31). The maximum absolute atomic E-state index is 13.3. The zero-order chi connectivity index (χ0) is 21.9. The lowest BCUT2D eigenvalue weighted by Gasteiger charge is -2.26. The van der Waals surface area contributed by atoms with Crippen LogP contribution in [-0.4, -0.2) is 10.5 Å². The number of nitrogens with one attached hydrogen (secondary N) is 1. The van der Waals surface area contributed by atoms with Crippen LogP contribution in [0.15, 0.2) is 114 Å². The molecule has 5 nitrogen and oxygen atoms in total. The summed E-state index contributed by atoms with van der Waals surface area (Å²) in [5.41, 5.74) is 6.18. The van der Waals surface area contributed by atoms with E-state index >= 15 is 0 Å². The Labute approximate surface area is 185 Å². The molecule has 0 fully saturated rings. The van der Waals surface area contributed by atoms with Crippen LogP contribution in [0, 0.1) is 0 Å². The van der Waals surface area contributed by atoms with E-state index in [2.05, 4.69) is 5.43 Å². The molecule has 4 aromatic carbocycles. The summed E-state index contributed by atoms with van der Waals surface area (Å²) in [4.78, 5) is 26.2. The fourth-order valence-corrected chi connectivity index (χ4v) is 3.98. The lowest BCUT2D eigenvalue weighted by molar-refractivity contribution is -0.121. The molecule has 1 aromatic heterocycles. The van der Waals surface area contributed by atoms with Crippen molar-refractivity contribution < 1.29 is 4.79 Å². The predicted octanol–water partition coefficient (Wildman–Crippen LogP) is 5.02. The van der Waals surface area contributed by atoms with Crippen molar-refractivity contribution in [2.75, 3.05) is 5.01 Å². The molecule has 0 spiro atoms. The van der Waals surface area contributed by atoms with Gasteiger partial charge in [0.2, 0.25) is 0 Å². The normalized spacial score (nSPS) is 10.9. The average molecular weight is 419 g/mol. The van der Waals surface area contributed by atoms with Crippen molar-refractivity contribution >= 4 is 39.1 Å². The molecular weight excluding hydrogens is 398 g/mol. The van der Waals surface area contributed by atoms with Gasteiger partial charge in [-0.3, -0.25) is 20.0 Å². The molecule has 1 heterocycles. The fourth-order valence-electron chi connectivity index (χ4n) is 3.98. The smallest absolute Gasteiger partial charge is 0.258 e. The van der Waals surface area contributed by atoms with Crippen molar-refractivity contribution in [3.63, 3.8) is 0 Å². The topological polar surface area (TPSA) is 54.3 Å². The summed E-state index contributed by atoms with van der Waals surface area (Å²) < 4.78 is 1.90. The number of benzene rings is 4. The van der Waals surface area contributed by atoms with Gasteiger partial charge in [-0.1, -0.05) is 60.7 Å². The van der Waals surface area contributed by atoms with Gasteiger partial charge in [0.15, 0.2) is 5.43 Å². The number of pyridine rings is 1. The maximum Gasteiger partial charge on any atom is 0.258 e. The first-order valence-corrected chi connectivity index (χ1v) is 10.4. The number of aromatic nitrogens is 1. The largest absolute Gasteiger partial charge is 0.331 e. The quantitative estimate of drug-likeness (QED) is 0.321. The van der Waals surface area contributed by atoms with Crippen LogP contribution in [0.25, 0.3) is 21.8 Å². The molecule has 1 amide bonds. The maximum atomic E-state index is 13.3. The van der Waals surface area contributed by atoms with E-state index in [0.717, 1.165) is 22.4 Å². The number of fused-ring (bicyclic) bond motifs is 2. The minimum Gasteiger partial charge on any atom is -0.331 e. The zero-order valence-electron chi connectivity index (χ0n) is 17.3. The Morgan fingerprint density at radius 3 is 1.59 bits per heavy atom. The minimum atomic E-state index is -0.198. The minimum absolute atomic E-state index is 0.0249.